The summed E-state index contributed by atoms with van der Waals surface area (Å²) in [6.07, 6.45) is 1.17. The Hall–Kier alpha value is -4.39. The molecule has 0 saturated carbocycles. The number of hydrogen-bond acceptors (Lipinski definition) is 3. The van der Waals surface area contributed by atoms with Crippen LogP contribution in [0.1, 0.15) is 13.8 Å². The molecule has 1 aromatic heterocycles. The number of hydrogen-bond donors (Lipinski definition) is 1. The van der Waals surface area contributed by atoms with E-state index in [9.17, 15) is 4.79 Å². The molecular formula is C44H39BIrNO2Si2-. The normalized spacial score (nSPS) is 14.9. The quantitative estimate of drug-likeness (QED) is 0.103. The largest absolute Gasteiger partial charge is 0.512 e. The number of aromatic nitrogens is 1. The summed E-state index contributed by atoms with van der Waals surface area (Å²) in [5, 5.41) is 21.0. The van der Waals surface area contributed by atoms with Gasteiger partial charge >= 0.3 is 0 Å². The number of carbonyl (C=O) groups excluding carboxylic acids is 1. The summed E-state index contributed by atoms with van der Waals surface area (Å²) in [7, 11) is -4.21. The fourth-order valence-electron chi connectivity index (χ4n) is 8.39. The maximum absolute atomic E-state index is 10.0. The number of nitrogens with zero attached hydrogens (tertiary/aromatic N) is 1. The molecule has 253 valence electrons. The molecule has 3 heterocycles. The van der Waals surface area contributed by atoms with E-state index in [1.165, 1.54) is 63.0 Å². The Balaban J connectivity index is 0.000000464. The summed E-state index contributed by atoms with van der Waals surface area (Å²) < 4.78 is 0. The number of carbonyl (C=O) groups is 1. The van der Waals surface area contributed by atoms with Gasteiger partial charge in [-0.3, -0.25) is 9.78 Å². The summed E-state index contributed by atoms with van der Waals surface area (Å²) in [5.74, 6) is -0.0625. The number of aliphatic hydroxyl groups is 1. The minimum absolute atomic E-state index is 0. The molecule has 0 amide bonds. The van der Waals surface area contributed by atoms with Crippen LogP contribution in [0.5, 0.6) is 0 Å². The third-order valence-corrected chi connectivity index (χ3v) is 17.7. The smallest absolute Gasteiger partial charge is 0.190 e. The summed E-state index contributed by atoms with van der Waals surface area (Å²) in [4.78, 5) is 15.2. The number of pyridine rings is 1. The zero-order valence-corrected chi connectivity index (χ0v) is 34.2. The third kappa shape index (κ3) is 5.86. The average Bonchev–Trinajstić information content (AvgIpc) is 3.09. The zero-order valence-electron chi connectivity index (χ0n) is 29.8. The van der Waals surface area contributed by atoms with Crippen molar-refractivity contribution in [1.82, 2.24) is 4.98 Å². The van der Waals surface area contributed by atoms with Crippen molar-refractivity contribution in [1.29, 1.82) is 0 Å². The van der Waals surface area contributed by atoms with Gasteiger partial charge in [0.05, 0.1) is 27.4 Å². The van der Waals surface area contributed by atoms with Crippen LogP contribution in [0.15, 0.2) is 127 Å². The summed E-state index contributed by atoms with van der Waals surface area (Å²) >= 11 is 0. The molecule has 0 atom stereocenters. The summed E-state index contributed by atoms with van der Waals surface area (Å²) in [5.41, 5.74) is 7.79. The van der Waals surface area contributed by atoms with Gasteiger partial charge < -0.3 is 5.11 Å². The van der Waals surface area contributed by atoms with E-state index in [1.807, 2.05) is 0 Å². The van der Waals surface area contributed by atoms with E-state index in [2.05, 4.69) is 148 Å². The Morgan fingerprint density at radius 1 is 0.667 bits per heavy atom. The number of para-hydroxylation sites is 1. The van der Waals surface area contributed by atoms with Crippen LogP contribution in [-0.4, -0.2) is 38.7 Å². The summed E-state index contributed by atoms with van der Waals surface area (Å²) in [6, 6.07) is 47.3. The van der Waals surface area contributed by atoms with Gasteiger partial charge in [0, 0.05) is 26.2 Å². The number of allylic oxidation sites excluding steroid dienone is 2. The van der Waals surface area contributed by atoms with Gasteiger partial charge in [0.2, 0.25) is 0 Å². The number of aliphatic hydroxyl groups excluding tert-OH is 1. The maximum Gasteiger partial charge on any atom is 0.190 e. The van der Waals surface area contributed by atoms with Gasteiger partial charge in [-0.25, -0.2) is 0 Å². The predicted octanol–water partition coefficient (Wildman–Crippen LogP) is 5.83. The fraction of sp³-hybridized carbons (Fsp3) is 0.136. The molecule has 0 spiro atoms. The zero-order chi connectivity index (χ0) is 34.9. The molecular weight excluding hydrogens is 834 g/mol. The van der Waals surface area contributed by atoms with Crippen molar-refractivity contribution in [2.45, 2.75) is 40.0 Å². The molecule has 51 heavy (non-hydrogen) atoms. The number of benzene rings is 6. The number of rotatable bonds is 2. The van der Waals surface area contributed by atoms with Gasteiger partial charge in [-0.15, -0.1) is 33.5 Å². The third-order valence-electron chi connectivity index (χ3n) is 10.8. The van der Waals surface area contributed by atoms with Gasteiger partial charge in [-0.2, -0.15) is 0 Å². The first-order valence-corrected chi connectivity index (χ1v) is 23.3. The van der Waals surface area contributed by atoms with Crippen LogP contribution >= 0.6 is 0 Å². The van der Waals surface area contributed by atoms with Gasteiger partial charge in [0.25, 0.3) is 0 Å². The molecule has 0 saturated heterocycles. The molecule has 9 rings (SSSR count). The van der Waals surface area contributed by atoms with Gasteiger partial charge in [-0.1, -0.05) is 151 Å². The molecule has 0 aliphatic carbocycles. The molecule has 6 aromatic carbocycles. The first-order chi connectivity index (χ1) is 23.9. The second-order valence-corrected chi connectivity index (χ2v) is 23.5. The Bertz CT molecular complexity index is 2450. The molecule has 1 N–H and O–H groups in total. The fourth-order valence-corrected chi connectivity index (χ4v) is 14.8. The van der Waals surface area contributed by atoms with Crippen molar-refractivity contribution in [3.8, 4) is 11.3 Å². The van der Waals surface area contributed by atoms with E-state index in [1.54, 1.807) is 21.0 Å². The van der Waals surface area contributed by atoms with E-state index in [4.69, 9.17) is 10.1 Å². The van der Waals surface area contributed by atoms with Crippen LogP contribution in [0.2, 0.25) is 26.2 Å². The van der Waals surface area contributed by atoms with Crippen LogP contribution in [0, 0.1) is 6.07 Å². The Kier molecular flexibility index (Phi) is 8.92. The maximum atomic E-state index is 10.0. The number of ketones is 1. The number of fused-ring (bicyclic) bond motifs is 7. The Labute approximate surface area is 315 Å². The molecule has 1 radical (unpaired) electrons. The average molecular weight is 873 g/mol. The Morgan fingerprint density at radius 2 is 1.18 bits per heavy atom. The first kappa shape index (κ1) is 35.0. The predicted molar refractivity (Wildman–Crippen MR) is 219 cm³/mol. The van der Waals surface area contributed by atoms with Crippen LogP contribution in [-0.2, 0) is 24.9 Å². The first-order valence-electron chi connectivity index (χ1n) is 17.3. The van der Waals surface area contributed by atoms with Crippen molar-refractivity contribution in [2.24, 2.45) is 0 Å². The molecule has 3 nitrogen and oxygen atoms in total. The van der Waals surface area contributed by atoms with Crippen molar-refractivity contribution >= 4 is 98.2 Å². The SMILES string of the molecule is CC(=O)/C=C(/C)O.C[Si]1(C)c2[c-]c(-c3ccc4ccccc4n3)cc3c2B(c2cc4ccccc4cc21)c1cc2ccccc2cc1[Si]3(C)C.[Ir]. The van der Waals surface area contributed by atoms with E-state index < -0.39 is 16.1 Å². The minimum atomic E-state index is -2.12. The molecule has 2 aliphatic rings. The minimum Gasteiger partial charge on any atom is -0.512 e. The molecule has 7 heteroatoms. The van der Waals surface area contributed by atoms with Crippen molar-refractivity contribution in [3.05, 3.63) is 133 Å². The Morgan fingerprint density at radius 3 is 1.71 bits per heavy atom. The van der Waals surface area contributed by atoms with Crippen LogP contribution in [0.25, 0.3) is 43.7 Å². The van der Waals surface area contributed by atoms with Crippen LogP contribution in [0.4, 0.5) is 0 Å². The van der Waals surface area contributed by atoms with E-state index in [-0.39, 0.29) is 38.4 Å². The molecule has 0 bridgehead atoms. The van der Waals surface area contributed by atoms with E-state index in [0.717, 1.165) is 16.8 Å². The van der Waals surface area contributed by atoms with Gasteiger partial charge in [-0.05, 0) is 52.5 Å². The second kappa shape index (κ2) is 13.0. The summed E-state index contributed by atoms with van der Waals surface area (Å²) in [6.45, 7) is 13.3. The van der Waals surface area contributed by atoms with Crippen molar-refractivity contribution in [3.63, 3.8) is 0 Å². The molecule has 7 aromatic rings. The second-order valence-electron chi connectivity index (χ2n) is 14.9. The molecule has 0 fully saturated rings. The van der Waals surface area contributed by atoms with E-state index >= 15 is 0 Å². The molecule has 0 unspecified atom stereocenters. The van der Waals surface area contributed by atoms with Gasteiger partial charge in [0.15, 0.2) is 12.5 Å². The van der Waals surface area contributed by atoms with E-state index in [0.29, 0.717) is 0 Å². The van der Waals surface area contributed by atoms with Crippen LogP contribution < -0.4 is 37.1 Å². The van der Waals surface area contributed by atoms with Crippen LogP contribution in [0.3, 0.4) is 0 Å². The van der Waals surface area contributed by atoms with Crippen molar-refractivity contribution in [2.75, 3.05) is 0 Å². The monoisotopic (exact) mass is 873 g/mol. The topological polar surface area (TPSA) is 50.2 Å². The van der Waals surface area contributed by atoms with Crippen molar-refractivity contribution < 1.29 is 30.0 Å². The molecule has 2 aliphatic heterocycles. The standard InChI is InChI=1S/C39H31BNSi2.C5H8O2.Ir/c1-42(2)35-21-28-14-7-5-12-26(28)19-31(35)40-32-20-27-13-6-8-15-29(27)22-36(32)43(3,4)38-24-30(23-37(42)39(38)40)34-18-17-25-11-9-10-16-33(25)41-34;1-4(6)3-5(2)7;/h5-23H,1-4H3;3,6H,1-2H3;/q-1;;/b;4-3-;. The van der Waals surface area contributed by atoms with Gasteiger partial charge in [0.1, 0.15) is 0 Å².